The van der Waals surface area contributed by atoms with Crippen LogP contribution in [0.3, 0.4) is 0 Å². The molecular weight excluding hydrogens is 276 g/mol. The summed E-state index contributed by atoms with van der Waals surface area (Å²) in [5, 5.41) is 0. The maximum absolute atomic E-state index is 11.5. The topological polar surface area (TPSA) is 40.6 Å². The summed E-state index contributed by atoms with van der Waals surface area (Å²) in [6.07, 6.45) is 7.12. The molecule has 0 spiro atoms. The van der Waals surface area contributed by atoms with Gasteiger partial charge in [-0.1, -0.05) is 24.6 Å². The molecule has 22 heavy (non-hydrogen) atoms. The summed E-state index contributed by atoms with van der Waals surface area (Å²) in [4.78, 5) is 26.2. The molecule has 2 heterocycles. The van der Waals surface area contributed by atoms with E-state index < -0.39 is 0 Å². The Hall–Kier alpha value is -1.84. The Labute approximate surface area is 133 Å². The molecule has 0 aliphatic carbocycles. The van der Waals surface area contributed by atoms with Gasteiger partial charge in [-0.3, -0.25) is 9.59 Å². The van der Waals surface area contributed by atoms with E-state index in [4.69, 9.17) is 0 Å². The van der Waals surface area contributed by atoms with Crippen molar-refractivity contribution in [3.05, 3.63) is 30.3 Å². The van der Waals surface area contributed by atoms with Crippen LogP contribution in [0.2, 0.25) is 0 Å². The molecule has 0 atom stereocenters. The Morgan fingerprint density at radius 1 is 0.773 bits per heavy atom. The molecule has 4 nitrogen and oxygen atoms in total. The minimum atomic E-state index is 0.262. The number of rotatable bonds is 1. The number of hydrogen-bond donors (Lipinski definition) is 0. The van der Waals surface area contributed by atoms with Gasteiger partial charge in [-0.15, -0.1) is 0 Å². The molecular formula is C18H26N2O2. The zero-order chi connectivity index (χ0) is 15.8. The molecule has 0 radical (unpaired) electrons. The average molecular weight is 302 g/mol. The van der Waals surface area contributed by atoms with Gasteiger partial charge < -0.3 is 9.80 Å². The van der Waals surface area contributed by atoms with Crippen LogP contribution in [0, 0.1) is 0 Å². The second-order valence-electron chi connectivity index (χ2n) is 5.96. The van der Waals surface area contributed by atoms with E-state index in [9.17, 15) is 9.59 Å². The van der Waals surface area contributed by atoms with Crippen LogP contribution in [0.1, 0.15) is 44.9 Å². The Bertz CT molecular complexity index is 487. The van der Waals surface area contributed by atoms with Crippen LogP contribution in [0.4, 0.5) is 5.69 Å². The van der Waals surface area contributed by atoms with Crippen molar-refractivity contribution < 1.29 is 9.59 Å². The smallest absolute Gasteiger partial charge is 0.226 e. The van der Waals surface area contributed by atoms with Crippen LogP contribution in [-0.4, -0.2) is 36.9 Å². The first kappa shape index (κ1) is 16.5. The standard InChI is InChI=1S/C11H13NO.C7H13NO/c13-11-8-4-5-9-12(11)10-6-2-1-3-7-10;1-8-6-4-2-3-5-7(8)9/h1-3,6-7H,4-5,8-9H2;2-6H2,1H3. The van der Waals surface area contributed by atoms with Crippen molar-refractivity contribution >= 4 is 17.5 Å². The number of carbonyl (C=O) groups excluding carboxylic acids is 2. The predicted octanol–water partition coefficient (Wildman–Crippen LogP) is 3.22. The number of hydrogen-bond acceptors (Lipinski definition) is 2. The fourth-order valence-electron chi connectivity index (χ4n) is 2.80. The van der Waals surface area contributed by atoms with Gasteiger partial charge in [0.15, 0.2) is 0 Å². The molecule has 1 aromatic rings. The van der Waals surface area contributed by atoms with E-state index in [1.54, 1.807) is 0 Å². The molecule has 0 bridgehead atoms. The zero-order valence-corrected chi connectivity index (χ0v) is 13.5. The Morgan fingerprint density at radius 2 is 1.41 bits per heavy atom. The highest BCUT2D eigenvalue weighted by Gasteiger charge is 2.18. The van der Waals surface area contributed by atoms with Crippen molar-refractivity contribution in [2.75, 3.05) is 25.0 Å². The highest BCUT2D eigenvalue weighted by atomic mass is 16.2. The second kappa shape index (κ2) is 8.57. The summed E-state index contributed by atoms with van der Waals surface area (Å²) < 4.78 is 0. The normalized spacial score (nSPS) is 19.3. The minimum absolute atomic E-state index is 0.262. The molecule has 2 amide bonds. The van der Waals surface area contributed by atoms with Gasteiger partial charge in [0, 0.05) is 38.7 Å². The summed E-state index contributed by atoms with van der Waals surface area (Å²) in [6, 6.07) is 9.89. The monoisotopic (exact) mass is 302 g/mol. The first-order valence-corrected chi connectivity index (χ1v) is 8.28. The van der Waals surface area contributed by atoms with Crippen LogP contribution in [0.5, 0.6) is 0 Å². The fourth-order valence-corrected chi connectivity index (χ4v) is 2.80. The van der Waals surface area contributed by atoms with Crippen molar-refractivity contribution in [3.63, 3.8) is 0 Å². The van der Waals surface area contributed by atoms with Gasteiger partial charge >= 0.3 is 0 Å². The lowest BCUT2D eigenvalue weighted by molar-refractivity contribution is -0.129. The van der Waals surface area contributed by atoms with E-state index in [2.05, 4.69) is 0 Å². The van der Waals surface area contributed by atoms with Crippen molar-refractivity contribution in [2.24, 2.45) is 0 Å². The van der Waals surface area contributed by atoms with Crippen molar-refractivity contribution in [3.8, 4) is 0 Å². The zero-order valence-electron chi connectivity index (χ0n) is 13.5. The Balaban J connectivity index is 0.000000172. The van der Waals surface area contributed by atoms with Crippen LogP contribution >= 0.6 is 0 Å². The number of anilines is 1. The average Bonchev–Trinajstić information content (AvgIpc) is 2.74. The number of carbonyl (C=O) groups is 2. The molecule has 0 aromatic heterocycles. The van der Waals surface area contributed by atoms with Crippen LogP contribution in [0.15, 0.2) is 30.3 Å². The Morgan fingerprint density at radius 3 is 2.14 bits per heavy atom. The quantitative estimate of drug-likeness (QED) is 0.799. The SMILES string of the molecule is CN1CCCCCC1=O.O=C1CCCCN1c1ccccc1. The molecule has 0 N–H and O–H groups in total. The molecule has 1 aromatic carbocycles. The number of likely N-dealkylation sites (tertiary alicyclic amines) is 1. The molecule has 3 rings (SSSR count). The third-order valence-electron chi connectivity index (χ3n) is 4.20. The van der Waals surface area contributed by atoms with Gasteiger partial charge in [0.25, 0.3) is 0 Å². The summed E-state index contributed by atoms with van der Waals surface area (Å²) in [7, 11) is 1.88. The minimum Gasteiger partial charge on any atom is -0.346 e. The van der Waals surface area contributed by atoms with Crippen LogP contribution in [0.25, 0.3) is 0 Å². The lowest BCUT2D eigenvalue weighted by Crippen LogP contribution is -2.35. The highest BCUT2D eigenvalue weighted by molar-refractivity contribution is 5.93. The van der Waals surface area contributed by atoms with Crippen LogP contribution < -0.4 is 4.90 Å². The van der Waals surface area contributed by atoms with Crippen molar-refractivity contribution in [1.29, 1.82) is 0 Å². The van der Waals surface area contributed by atoms with Crippen molar-refractivity contribution in [1.82, 2.24) is 4.90 Å². The molecule has 2 aliphatic heterocycles. The van der Waals surface area contributed by atoms with Gasteiger partial charge in [0.2, 0.25) is 11.8 Å². The first-order valence-electron chi connectivity index (χ1n) is 8.28. The maximum Gasteiger partial charge on any atom is 0.226 e. The van der Waals surface area contributed by atoms with Crippen molar-refractivity contribution in [2.45, 2.75) is 44.9 Å². The predicted molar refractivity (Wildman–Crippen MR) is 88.8 cm³/mol. The number of amides is 2. The maximum atomic E-state index is 11.5. The number of piperidine rings is 1. The van der Waals surface area contributed by atoms with Gasteiger partial charge in [-0.05, 0) is 37.8 Å². The lowest BCUT2D eigenvalue weighted by atomic mass is 10.1. The number of para-hydroxylation sites is 1. The van der Waals surface area contributed by atoms with E-state index in [-0.39, 0.29) is 5.91 Å². The molecule has 2 saturated heterocycles. The Kier molecular flexibility index (Phi) is 6.44. The third-order valence-corrected chi connectivity index (χ3v) is 4.20. The van der Waals surface area contributed by atoms with Crippen LogP contribution in [-0.2, 0) is 9.59 Å². The largest absolute Gasteiger partial charge is 0.346 e. The van der Waals surface area contributed by atoms with E-state index in [0.717, 1.165) is 44.5 Å². The summed E-state index contributed by atoms with van der Waals surface area (Å²) in [5.41, 5.74) is 1.03. The molecule has 2 fully saturated rings. The molecule has 0 saturated carbocycles. The molecule has 4 heteroatoms. The van der Waals surface area contributed by atoms with Gasteiger partial charge in [0.05, 0.1) is 0 Å². The summed E-state index contributed by atoms with van der Waals surface area (Å²) in [6.45, 7) is 1.84. The molecule has 2 aliphatic rings. The van der Waals surface area contributed by atoms with E-state index in [1.807, 2.05) is 47.2 Å². The van der Waals surface area contributed by atoms with Gasteiger partial charge in [-0.25, -0.2) is 0 Å². The molecule has 120 valence electrons. The first-order chi connectivity index (χ1) is 10.7. The number of benzene rings is 1. The third kappa shape index (κ3) is 4.86. The van der Waals surface area contributed by atoms with Gasteiger partial charge in [0.1, 0.15) is 0 Å². The fraction of sp³-hybridized carbons (Fsp3) is 0.556. The van der Waals surface area contributed by atoms with E-state index >= 15 is 0 Å². The summed E-state index contributed by atoms with van der Waals surface area (Å²) in [5.74, 6) is 0.574. The van der Waals surface area contributed by atoms with E-state index in [1.165, 1.54) is 12.8 Å². The summed E-state index contributed by atoms with van der Waals surface area (Å²) >= 11 is 0. The number of nitrogens with zero attached hydrogens (tertiary/aromatic N) is 2. The lowest BCUT2D eigenvalue weighted by Gasteiger charge is -2.26. The highest BCUT2D eigenvalue weighted by Crippen LogP contribution is 2.19. The second-order valence-corrected chi connectivity index (χ2v) is 5.96. The van der Waals surface area contributed by atoms with E-state index in [0.29, 0.717) is 12.3 Å². The van der Waals surface area contributed by atoms with Gasteiger partial charge in [-0.2, -0.15) is 0 Å². The molecule has 0 unspecified atom stereocenters.